The molecule has 0 spiro atoms. The first-order chi connectivity index (χ1) is 9.38. The summed E-state index contributed by atoms with van der Waals surface area (Å²) in [6.45, 7) is 1.67. The van der Waals surface area contributed by atoms with E-state index in [2.05, 4.69) is 4.99 Å². The van der Waals surface area contributed by atoms with Crippen LogP contribution in [0.2, 0.25) is 5.02 Å². The molecule has 0 bridgehead atoms. The van der Waals surface area contributed by atoms with E-state index in [0.29, 0.717) is 5.71 Å². The van der Waals surface area contributed by atoms with Gasteiger partial charge in [-0.1, -0.05) is 41.9 Å². The van der Waals surface area contributed by atoms with Gasteiger partial charge in [0, 0.05) is 10.7 Å². The highest BCUT2D eigenvalue weighted by atomic mass is 35.5. The van der Waals surface area contributed by atoms with E-state index in [1.54, 1.807) is 31.2 Å². The van der Waals surface area contributed by atoms with Gasteiger partial charge in [-0.3, -0.25) is 4.99 Å². The van der Waals surface area contributed by atoms with Crippen LogP contribution in [-0.4, -0.2) is 5.71 Å². The predicted octanol–water partition coefficient (Wildman–Crippen LogP) is 5.50. The largest absolute Gasteiger partial charge is 0.418 e. The smallest absolute Gasteiger partial charge is 0.253 e. The molecule has 0 aromatic heterocycles. The van der Waals surface area contributed by atoms with Gasteiger partial charge < -0.3 is 0 Å². The number of rotatable bonds is 2. The average Bonchev–Trinajstić information content (AvgIpc) is 2.40. The molecule has 2 aromatic carbocycles. The molecule has 2 aromatic rings. The van der Waals surface area contributed by atoms with Crippen LogP contribution in [0.25, 0.3) is 0 Å². The van der Waals surface area contributed by atoms with Crippen LogP contribution in [0.1, 0.15) is 18.1 Å². The predicted molar refractivity (Wildman–Crippen MR) is 74.8 cm³/mol. The van der Waals surface area contributed by atoms with E-state index in [9.17, 15) is 13.2 Å². The number of halogens is 4. The summed E-state index contributed by atoms with van der Waals surface area (Å²) in [5, 5.41) is 0.0358. The van der Waals surface area contributed by atoms with Crippen molar-refractivity contribution in [3.8, 4) is 0 Å². The van der Waals surface area contributed by atoms with Crippen LogP contribution < -0.4 is 0 Å². The maximum Gasteiger partial charge on any atom is 0.418 e. The summed E-state index contributed by atoms with van der Waals surface area (Å²) in [4.78, 5) is 4.07. The molecule has 0 saturated carbocycles. The van der Waals surface area contributed by atoms with E-state index >= 15 is 0 Å². The number of aliphatic imine (C=N–C) groups is 1. The zero-order chi connectivity index (χ0) is 14.8. The van der Waals surface area contributed by atoms with Gasteiger partial charge in [0.2, 0.25) is 0 Å². The Morgan fingerprint density at radius 3 is 2.30 bits per heavy atom. The summed E-state index contributed by atoms with van der Waals surface area (Å²) in [5.74, 6) is 0. The third-order valence-corrected chi connectivity index (χ3v) is 2.98. The zero-order valence-electron chi connectivity index (χ0n) is 10.6. The molecule has 104 valence electrons. The van der Waals surface area contributed by atoms with Gasteiger partial charge in [-0.25, -0.2) is 0 Å². The minimum Gasteiger partial charge on any atom is -0.253 e. The van der Waals surface area contributed by atoms with Gasteiger partial charge in [-0.05, 0) is 30.7 Å². The van der Waals surface area contributed by atoms with Crippen LogP contribution in [0.3, 0.4) is 0 Å². The molecule has 1 nitrogen and oxygen atoms in total. The van der Waals surface area contributed by atoms with Crippen molar-refractivity contribution in [2.75, 3.05) is 0 Å². The zero-order valence-corrected chi connectivity index (χ0v) is 11.3. The lowest BCUT2D eigenvalue weighted by atomic mass is 10.1. The van der Waals surface area contributed by atoms with Gasteiger partial charge in [0.25, 0.3) is 0 Å². The Bertz CT molecular complexity index is 633. The molecule has 0 atom stereocenters. The average molecular weight is 298 g/mol. The minimum absolute atomic E-state index is 0.0358. The van der Waals surface area contributed by atoms with Crippen molar-refractivity contribution < 1.29 is 13.2 Å². The summed E-state index contributed by atoms with van der Waals surface area (Å²) < 4.78 is 38.9. The Hall–Kier alpha value is -1.81. The number of hydrogen-bond donors (Lipinski definition) is 0. The molecular weight excluding hydrogens is 287 g/mol. The van der Waals surface area contributed by atoms with Crippen LogP contribution in [0, 0.1) is 0 Å². The lowest BCUT2D eigenvalue weighted by Crippen LogP contribution is -2.06. The Morgan fingerprint density at radius 1 is 1.05 bits per heavy atom. The van der Waals surface area contributed by atoms with Crippen LogP contribution in [0.4, 0.5) is 18.9 Å². The van der Waals surface area contributed by atoms with E-state index in [0.717, 1.165) is 11.6 Å². The molecule has 0 aliphatic heterocycles. The van der Waals surface area contributed by atoms with E-state index in [1.807, 2.05) is 6.07 Å². The maximum atomic E-state index is 13.0. The van der Waals surface area contributed by atoms with Crippen molar-refractivity contribution in [3.05, 3.63) is 64.7 Å². The van der Waals surface area contributed by atoms with Gasteiger partial charge in [-0.15, -0.1) is 0 Å². The fourth-order valence-corrected chi connectivity index (χ4v) is 1.93. The van der Waals surface area contributed by atoms with Crippen LogP contribution >= 0.6 is 11.6 Å². The monoisotopic (exact) mass is 297 g/mol. The fourth-order valence-electron chi connectivity index (χ4n) is 1.76. The Morgan fingerprint density at radius 2 is 1.70 bits per heavy atom. The molecule has 0 radical (unpaired) electrons. The third-order valence-electron chi connectivity index (χ3n) is 2.74. The molecule has 0 saturated heterocycles. The van der Waals surface area contributed by atoms with Crippen molar-refractivity contribution in [1.82, 2.24) is 0 Å². The topological polar surface area (TPSA) is 12.4 Å². The summed E-state index contributed by atoms with van der Waals surface area (Å²) in [5.41, 5.74) is 0.317. The van der Waals surface area contributed by atoms with Gasteiger partial charge in [-0.2, -0.15) is 13.2 Å². The first-order valence-corrected chi connectivity index (χ1v) is 6.23. The number of alkyl halides is 3. The van der Waals surface area contributed by atoms with E-state index in [-0.39, 0.29) is 10.7 Å². The lowest BCUT2D eigenvalue weighted by molar-refractivity contribution is -0.137. The summed E-state index contributed by atoms with van der Waals surface area (Å²) in [6.07, 6.45) is -4.49. The second kappa shape index (κ2) is 5.67. The van der Waals surface area contributed by atoms with Gasteiger partial charge in [0.05, 0.1) is 11.3 Å². The molecular formula is C15H11ClF3N. The van der Waals surface area contributed by atoms with Crippen LogP contribution in [-0.2, 0) is 6.18 Å². The van der Waals surface area contributed by atoms with Crippen molar-refractivity contribution in [1.29, 1.82) is 0 Å². The minimum atomic E-state index is -4.49. The van der Waals surface area contributed by atoms with Gasteiger partial charge >= 0.3 is 6.18 Å². The lowest BCUT2D eigenvalue weighted by Gasteiger charge is -2.11. The molecule has 0 aliphatic rings. The van der Waals surface area contributed by atoms with Crippen molar-refractivity contribution in [3.63, 3.8) is 0 Å². The van der Waals surface area contributed by atoms with Crippen molar-refractivity contribution in [2.45, 2.75) is 13.1 Å². The first-order valence-electron chi connectivity index (χ1n) is 5.85. The normalized spacial score (nSPS) is 12.6. The highest BCUT2D eigenvalue weighted by Crippen LogP contribution is 2.38. The Balaban J connectivity index is 2.49. The highest BCUT2D eigenvalue weighted by Gasteiger charge is 2.33. The van der Waals surface area contributed by atoms with Crippen LogP contribution in [0.15, 0.2) is 53.5 Å². The second-order valence-corrected chi connectivity index (χ2v) is 4.66. The van der Waals surface area contributed by atoms with Crippen molar-refractivity contribution in [2.24, 2.45) is 4.99 Å². The Kier molecular flexibility index (Phi) is 4.14. The second-order valence-electron chi connectivity index (χ2n) is 4.22. The standard InChI is InChI=1S/C15H11ClF3N/c1-10(11-5-3-2-4-6-11)20-14-8-7-12(16)9-13(14)15(17,18)19/h2-9H,1H3. The third kappa shape index (κ3) is 3.39. The summed E-state index contributed by atoms with van der Waals surface area (Å²) >= 11 is 5.63. The number of hydrogen-bond acceptors (Lipinski definition) is 1. The first kappa shape index (κ1) is 14.6. The van der Waals surface area contributed by atoms with Crippen molar-refractivity contribution >= 4 is 23.0 Å². The molecule has 0 fully saturated rings. The summed E-state index contributed by atoms with van der Waals surface area (Å²) in [7, 11) is 0. The van der Waals surface area contributed by atoms with Gasteiger partial charge in [0.15, 0.2) is 0 Å². The molecule has 0 amide bonds. The molecule has 2 rings (SSSR count). The van der Waals surface area contributed by atoms with E-state index in [1.165, 1.54) is 12.1 Å². The molecule has 0 unspecified atom stereocenters. The quantitative estimate of drug-likeness (QED) is 0.649. The fraction of sp³-hybridized carbons (Fsp3) is 0.133. The molecule has 20 heavy (non-hydrogen) atoms. The maximum absolute atomic E-state index is 13.0. The number of benzene rings is 2. The molecule has 5 heteroatoms. The number of nitrogens with zero attached hydrogens (tertiary/aromatic N) is 1. The molecule has 0 heterocycles. The summed E-state index contributed by atoms with van der Waals surface area (Å²) in [6, 6.07) is 12.6. The van der Waals surface area contributed by atoms with Gasteiger partial charge in [0.1, 0.15) is 0 Å². The van der Waals surface area contributed by atoms with E-state index < -0.39 is 11.7 Å². The molecule has 0 N–H and O–H groups in total. The van der Waals surface area contributed by atoms with Crippen LogP contribution in [0.5, 0.6) is 0 Å². The Labute approximate surface area is 119 Å². The molecule has 0 aliphatic carbocycles. The van der Waals surface area contributed by atoms with E-state index in [4.69, 9.17) is 11.6 Å². The highest BCUT2D eigenvalue weighted by molar-refractivity contribution is 6.30. The SMILES string of the molecule is CC(=Nc1ccc(Cl)cc1C(F)(F)F)c1ccccc1.